The molecule has 1 aromatic carbocycles. The molecule has 2 aliphatic rings. The monoisotopic (exact) mass is 289 g/mol. The van der Waals surface area contributed by atoms with E-state index in [1.54, 1.807) is 4.90 Å². The maximum Gasteiger partial charge on any atom is 0.310 e. The maximum absolute atomic E-state index is 12.6. The Morgan fingerprint density at radius 3 is 2.90 bits per heavy atom. The molecule has 0 aromatic heterocycles. The number of esters is 1. The topological polar surface area (TPSA) is 55.8 Å². The van der Waals surface area contributed by atoms with E-state index in [4.69, 9.17) is 9.47 Å². The van der Waals surface area contributed by atoms with Gasteiger partial charge in [0, 0.05) is 19.5 Å². The van der Waals surface area contributed by atoms with Crippen molar-refractivity contribution in [2.75, 3.05) is 20.2 Å². The van der Waals surface area contributed by atoms with Crippen molar-refractivity contribution >= 4 is 11.9 Å². The summed E-state index contributed by atoms with van der Waals surface area (Å²) in [7, 11) is 1.39. The maximum atomic E-state index is 12.6. The molecule has 1 fully saturated rings. The average Bonchev–Trinajstić information content (AvgIpc) is 2.97. The molecule has 21 heavy (non-hydrogen) atoms. The third-order valence-electron chi connectivity index (χ3n) is 4.19. The van der Waals surface area contributed by atoms with Gasteiger partial charge in [0.2, 0.25) is 0 Å². The summed E-state index contributed by atoms with van der Waals surface area (Å²) in [5, 5.41) is 0. The number of fused-ring (bicyclic) bond motifs is 1. The molecule has 2 aliphatic heterocycles. The number of ether oxygens (including phenoxy) is 2. The molecule has 0 radical (unpaired) electrons. The number of hydrogen-bond donors (Lipinski definition) is 0. The molecule has 5 nitrogen and oxygen atoms in total. The Balaban J connectivity index is 1.65. The van der Waals surface area contributed by atoms with Crippen LogP contribution in [0.1, 0.15) is 18.4 Å². The predicted molar refractivity (Wildman–Crippen MR) is 75.9 cm³/mol. The van der Waals surface area contributed by atoms with Crippen LogP contribution in [-0.4, -0.2) is 43.1 Å². The Bertz CT molecular complexity index is 532. The van der Waals surface area contributed by atoms with Gasteiger partial charge in [0.05, 0.1) is 13.0 Å². The van der Waals surface area contributed by atoms with E-state index in [2.05, 4.69) is 0 Å². The van der Waals surface area contributed by atoms with Crippen LogP contribution in [0, 0.1) is 5.92 Å². The lowest BCUT2D eigenvalue weighted by atomic mass is 9.97. The second-order valence-electron chi connectivity index (χ2n) is 5.56. The van der Waals surface area contributed by atoms with Gasteiger partial charge in [-0.15, -0.1) is 0 Å². The Morgan fingerprint density at radius 1 is 1.33 bits per heavy atom. The lowest BCUT2D eigenvalue weighted by molar-refractivity contribution is -0.150. The summed E-state index contributed by atoms with van der Waals surface area (Å²) < 4.78 is 10.5. The number of rotatable bonds is 2. The zero-order chi connectivity index (χ0) is 14.8. The first-order chi connectivity index (χ1) is 10.2. The van der Waals surface area contributed by atoms with Crippen LogP contribution < -0.4 is 4.74 Å². The Labute approximate surface area is 123 Å². The SMILES string of the molecule is COC(=O)[C@H]1CCCN(C(=O)C2Cc3ccccc3O2)C1. The van der Waals surface area contributed by atoms with Crippen LogP contribution >= 0.6 is 0 Å². The molecule has 3 rings (SSSR count). The molecule has 1 aromatic rings. The molecular weight excluding hydrogens is 270 g/mol. The molecule has 1 amide bonds. The first kappa shape index (κ1) is 13.9. The fourth-order valence-corrected chi connectivity index (χ4v) is 3.06. The van der Waals surface area contributed by atoms with E-state index in [-0.39, 0.29) is 17.8 Å². The van der Waals surface area contributed by atoms with Crippen LogP contribution in [0.3, 0.4) is 0 Å². The number of methoxy groups -OCH3 is 1. The van der Waals surface area contributed by atoms with E-state index in [9.17, 15) is 9.59 Å². The normalized spacial score (nSPS) is 24.1. The molecule has 0 bridgehead atoms. The second kappa shape index (κ2) is 5.76. The highest BCUT2D eigenvalue weighted by Crippen LogP contribution is 2.30. The fraction of sp³-hybridized carbons (Fsp3) is 0.500. The number of hydrogen-bond acceptors (Lipinski definition) is 4. The van der Waals surface area contributed by atoms with Gasteiger partial charge in [-0.1, -0.05) is 18.2 Å². The van der Waals surface area contributed by atoms with Gasteiger partial charge in [0.15, 0.2) is 6.10 Å². The molecule has 0 aliphatic carbocycles. The molecule has 1 unspecified atom stereocenters. The first-order valence-electron chi connectivity index (χ1n) is 7.30. The van der Waals surface area contributed by atoms with Crippen molar-refractivity contribution in [2.24, 2.45) is 5.92 Å². The molecule has 0 spiro atoms. The van der Waals surface area contributed by atoms with Gasteiger partial charge >= 0.3 is 5.97 Å². The Morgan fingerprint density at radius 2 is 2.14 bits per heavy atom. The van der Waals surface area contributed by atoms with E-state index in [0.717, 1.165) is 24.2 Å². The van der Waals surface area contributed by atoms with Crippen molar-refractivity contribution in [1.82, 2.24) is 4.90 Å². The highest BCUT2D eigenvalue weighted by molar-refractivity contribution is 5.83. The van der Waals surface area contributed by atoms with Crippen molar-refractivity contribution in [2.45, 2.75) is 25.4 Å². The quantitative estimate of drug-likeness (QED) is 0.772. The van der Waals surface area contributed by atoms with Crippen LogP contribution in [0.5, 0.6) is 5.75 Å². The van der Waals surface area contributed by atoms with Crippen LogP contribution in [0.15, 0.2) is 24.3 Å². The van der Waals surface area contributed by atoms with E-state index < -0.39 is 6.10 Å². The van der Waals surface area contributed by atoms with Gasteiger partial charge in [0.1, 0.15) is 5.75 Å². The van der Waals surface area contributed by atoms with Crippen LogP contribution in [0.25, 0.3) is 0 Å². The number of amides is 1. The molecule has 112 valence electrons. The summed E-state index contributed by atoms with van der Waals surface area (Å²) in [6.45, 7) is 1.12. The van der Waals surface area contributed by atoms with Crippen molar-refractivity contribution < 1.29 is 19.1 Å². The highest BCUT2D eigenvalue weighted by atomic mass is 16.5. The van der Waals surface area contributed by atoms with Crippen LogP contribution in [-0.2, 0) is 20.7 Å². The minimum absolute atomic E-state index is 0.0280. The van der Waals surface area contributed by atoms with Gasteiger partial charge in [-0.2, -0.15) is 0 Å². The van der Waals surface area contributed by atoms with E-state index in [0.29, 0.717) is 19.5 Å². The van der Waals surface area contributed by atoms with E-state index in [1.165, 1.54) is 7.11 Å². The standard InChI is InChI=1S/C16H19NO4/c1-20-16(19)12-6-4-8-17(10-12)15(18)14-9-11-5-2-3-7-13(11)21-14/h2-3,5,7,12,14H,4,6,8-10H2,1H3/t12-,14?/m0/s1. The van der Waals surface area contributed by atoms with Crippen molar-refractivity contribution in [3.05, 3.63) is 29.8 Å². The summed E-state index contributed by atoms with van der Waals surface area (Å²) in [5.41, 5.74) is 1.07. The summed E-state index contributed by atoms with van der Waals surface area (Å²) in [6.07, 6.45) is 1.75. The van der Waals surface area contributed by atoms with Gasteiger partial charge in [-0.25, -0.2) is 0 Å². The lowest BCUT2D eigenvalue weighted by Crippen LogP contribution is -2.48. The molecule has 5 heteroatoms. The zero-order valence-corrected chi connectivity index (χ0v) is 12.1. The summed E-state index contributed by atoms with van der Waals surface area (Å²) in [6, 6.07) is 7.72. The molecule has 0 N–H and O–H groups in total. The number of nitrogens with zero attached hydrogens (tertiary/aromatic N) is 1. The number of carbonyl (C=O) groups is 2. The number of para-hydroxylation sites is 1. The van der Waals surface area contributed by atoms with E-state index in [1.807, 2.05) is 24.3 Å². The van der Waals surface area contributed by atoms with Gasteiger partial charge in [-0.3, -0.25) is 9.59 Å². The highest BCUT2D eigenvalue weighted by Gasteiger charge is 2.36. The zero-order valence-electron chi connectivity index (χ0n) is 12.1. The Kier molecular flexibility index (Phi) is 3.82. The number of piperidine rings is 1. The minimum atomic E-state index is -0.459. The number of likely N-dealkylation sites (tertiary alicyclic amines) is 1. The number of carbonyl (C=O) groups excluding carboxylic acids is 2. The molecule has 1 saturated heterocycles. The van der Waals surface area contributed by atoms with E-state index >= 15 is 0 Å². The first-order valence-corrected chi connectivity index (χ1v) is 7.30. The predicted octanol–water partition coefficient (Wildman–Crippen LogP) is 1.40. The Hall–Kier alpha value is -2.04. The largest absolute Gasteiger partial charge is 0.480 e. The van der Waals surface area contributed by atoms with Crippen molar-refractivity contribution in [1.29, 1.82) is 0 Å². The van der Waals surface area contributed by atoms with Gasteiger partial charge in [0.25, 0.3) is 5.91 Å². The van der Waals surface area contributed by atoms with Gasteiger partial charge in [-0.05, 0) is 24.5 Å². The van der Waals surface area contributed by atoms with Crippen LogP contribution in [0.2, 0.25) is 0 Å². The smallest absolute Gasteiger partial charge is 0.310 e. The van der Waals surface area contributed by atoms with Crippen molar-refractivity contribution in [3.63, 3.8) is 0 Å². The van der Waals surface area contributed by atoms with Gasteiger partial charge < -0.3 is 14.4 Å². The average molecular weight is 289 g/mol. The summed E-state index contributed by atoms with van der Waals surface area (Å²) >= 11 is 0. The molecule has 2 heterocycles. The molecular formula is C16H19NO4. The van der Waals surface area contributed by atoms with Crippen molar-refractivity contribution in [3.8, 4) is 5.75 Å². The molecule has 2 atom stereocenters. The number of benzene rings is 1. The second-order valence-corrected chi connectivity index (χ2v) is 5.56. The fourth-order valence-electron chi connectivity index (χ4n) is 3.06. The lowest BCUT2D eigenvalue weighted by Gasteiger charge is -2.32. The third kappa shape index (κ3) is 2.73. The minimum Gasteiger partial charge on any atom is -0.480 e. The summed E-state index contributed by atoms with van der Waals surface area (Å²) in [4.78, 5) is 26.0. The summed E-state index contributed by atoms with van der Waals surface area (Å²) in [5.74, 6) is 0.316. The molecule has 0 saturated carbocycles. The third-order valence-corrected chi connectivity index (χ3v) is 4.19. The van der Waals surface area contributed by atoms with Crippen LogP contribution in [0.4, 0.5) is 0 Å².